The second-order valence-corrected chi connectivity index (χ2v) is 6.62. The summed E-state index contributed by atoms with van der Waals surface area (Å²) in [5.74, 6) is 0.194. The number of rotatable bonds is 5. The van der Waals surface area contributed by atoms with Crippen molar-refractivity contribution >= 4 is 5.91 Å². The highest BCUT2D eigenvalue weighted by Crippen LogP contribution is 2.19. The molecule has 2 rings (SSSR count). The molecule has 1 aromatic carbocycles. The maximum absolute atomic E-state index is 12.3. The highest BCUT2D eigenvalue weighted by Gasteiger charge is 2.26. The Balaban J connectivity index is 2.19. The van der Waals surface area contributed by atoms with Crippen molar-refractivity contribution in [1.29, 1.82) is 0 Å². The van der Waals surface area contributed by atoms with Gasteiger partial charge in [-0.3, -0.25) is 4.79 Å². The molecule has 0 saturated carbocycles. The molecule has 2 aromatic rings. The summed E-state index contributed by atoms with van der Waals surface area (Å²) in [7, 11) is 0. The van der Waals surface area contributed by atoms with Gasteiger partial charge in [0.25, 0.3) is 0 Å². The average molecular weight is 298 g/mol. The summed E-state index contributed by atoms with van der Waals surface area (Å²) in [6, 6.07) is 14.5. The first kappa shape index (κ1) is 16.3. The van der Waals surface area contributed by atoms with Crippen LogP contribution in [0, 0.1) is 0 Å². The largest absolute Gasteiger partial charge is 0.345 e. The summed E-state index contributed by atoms with van der Waals surface area (Å²) in [6.45, 7) is 9.67. The van der Waals surface area contributed by atoms with Gasteiger partial charge in [0.2, 0.25) is 5.91 Å². The minimum absolute atomic E-state index is 0.172. The Morgan fingerprint density at radius 1 is 1.09 bits per heavy atom. The third kappa shape index (κ3) is 4.00. The lowest BCUT2D eigenvalue weighted by molar-refractivity contribution is -0.136. The van der Waals surface area contributed by atoms with Crippen LogP contribution in [-0.4, -0.2) is 20.9 Å². The van der Waals surface area contributed by atoms with Crippen LogP contribution in [0.3, 0.4) is 0 Å². The first-order valence-corrected chi connectivity index (χ1v) is 7.90. The Morgan fingerprint density at radius 3 is 2.36 bits per heavy atom. The summed E-state index contributed by atoms with van der Waals surface area (Å²) in [5.41, 5.74) is 2.26. The molecule has 0 saturated heterocycles. The molecule has 1 amide bonds. The average Bonchev–Trinajstić information content (AvgIpc) is 2.91. The third-order valence-corrected chi connectivity index (χ3v) is 3.85. The lowest BCUT2D eigenvalue weighted by atomic mass is 10.0. The molecule has 1 aromatic heterocycles. The van der Waals surface area contributed by atoms with Gasteiger partial charge in [-0.25, -0.2) is 0 Å². The Labute approximate surface area is 133 Å². The summed E-state index contributed by atoms with van der Waals surface area (Å²) in [6.07, 6.45) is 2.62. The van der Waals surface area contributed by atoms with Crippen molar-refractivity contribution in [3.63, 3.8) is 0 Å². The summed E-state index contributed by atoms with van der Waals surface area (Å²) >= 11 is 0. The van der Waals surface area contributed by atoms with Crippen molar-refractivity contribution < 1.29 is 4.79 Å². The number of aromatic nitrogens is 1. The molecule has 0 N–H and O–H groups in total. The SMILES string of the molecule is CCC(=O)N(Cc1cccn1Cc1ccccc1)C(C)(C)C. The Bertz CT molecular complexity index is 608. The fraction of sp³-hybridized carbons (Fsp3) is 0.421. The Kier molecular flexibility index (Phi) is 5.07. The van der Waals surface area contributed by atoms with Gasteiger partial charge in [0.05, 0.1) is 6.54 Å². The number of nitrogens with zero attached hydrogens (tertiary/aromatic N) is 2. The highest BCUT2D eigenvalue weighted by atomic mass is 16.2. The molecule has 3 heteroatoms. The fourth-order valence-corrected chi connectivity index (χ4v) is 2.58. The first-order chi connectivity index (χ1) is 10.4. The molecule has 3 nitrogen and oxygen atoms in total. The molecule has 0 aliphatic heterocycles. The fourth-order valence-electron chi connectivity index (χ4n) is 2.58. The predicted octanol–water partition coefficient (Wildman–Crippen LogP) is 4.07. The monoisotopic (exact) mass is 298 g/mol. The van der Waals surface area contributed by atoms with Crippen LogP contribution in [0.15, 0.2) is 48.7 Å². The van der Waals surface area contributed by atoms with Crippen LogP contribution >= 0.6 is 0 Å². The number of benzene rings is 1. The number of hydrogen-bond acceptors (Lipinski definition) is 1. The molecule has 118 valence electrons. The zero-order valence-electron chi connectivity index (χ0n) is 14.0. The number of hydrogen-bond donors (Lipinski definition) is 0. The highest BCUT2D eigenvalue weighted by molar-refractivity contribution is 5.76. The van der Waals surface area contributed by atoms with Crippen LogP contribution in [0.4, 0.5) is 0 Å². The van der Waals surface area contributed by atoms with E-state index in [1.54, 1.807) is 0 Å². The summed E-state index contributed by atoms with van der Waals surface area (Å²) < 4.78 is 2.22. The van der Waals surface area contributed by atoms with Crippen LogP contribution in [0.1, 0.15) is 45.4 Å². The molecule has 0 spiro atoms. The van der Waals surface area contributed by atoms with Gasteiger partial charge in [-0.05, 0) is 38.5 Å². The van der Waals surface area contributed by atoms with Crippen LogP contribution in [0.2, 0.25) is 0 Å². The molecular formula is C19H26N2O. The normalized spacial score (nSPS) is 11.5. The van der Waals surface area contributed by atoms with Crippen LogP contribution in [0.25, 0.3) is 0 Å². The summed E-state index contributed by atoms with van der Waals surface area (Å²) in [5, 5.41) is 0. The molecule has 0 unspecified atom stereocenters. The van der Waals surface area contributed by atoms with E-state index in [1.807, 2.05) is 17.9 Å². The van der Waals surface area contributed by atoms with Crippen LogP contribution < -0.4 is 0 Å². The van der Waals surface area contributed by atoms with Crippen molar-refractivity contribution in [3.8, 4) is 0 Å². The second kappa shape index (κ2) is 6.82. The third-order valence-electron chi connectivity index (χ3n) is 3.85. The molecular weight excluding hydrogens is 272 g/mol. The first-order valence-electron chi connectivity index (χ1n) is 7.90. The van der Waals surface area contributed by atoms with Gasteiger partial charge in [-0.2, -0.15) is 0 Å². The van der Waals surface area contributed by atoms with E-state index in [0.717, 1.165) is 6.54 Å². The molecule has 0 aliphatic rings. The topological polar surface area (TPSA) is 25.2 Å². The Morgan fingerprint density at radius 2 is 1.77 bits per heavy atom. The van der Waals surface area contributed by atoms with Gasteiger partial charge < -0.3 is 9.47 Å². The zero-order chi connectivity index (χ0) is 16.2. The van der Waals surface area contributed by atoms with E-state index in [9.17, 15) is 4.79 Å². The smallest absolute Gasteiger partial charge is 0.223 e. The molecule has 0 aliphatic carbocycles. The van der Waals surface area contributed by atoms with E-state index < -0.39 is 0 Å². The van der Waals surface area contributed by atoms with Gasteiger partial charge in [0.1, 0.15) is 0 Å². The van der Waals surface area contributed by atoms with Gasteiger partial charge in [-0.15, -0.1) is 0 Å². The van der Waals surface area contributed by atoms with Crippen molar-refractivity contribution in [2.45, 2.75) is 52.7 Å². The molecule has 0 bridgehead atoms. The minimum atomic E-state index is -0.172. The summed E-state index contributed by atoms with van der Waals surface area (Å²) in [4.78, 5) is 14.2. The standard InChI is InChI=1S/C19H26N2O/c1-5-18(22)21(19(2,3)4)15-17-12-9-13-20(17)14-16-10-7-6-8-11-16/h6-13H,5,14-15H2,1-4H3. The molecule has 22 heavy (non-hydrogen) atoms. The van der Waals surface area contributed by atoms with E-state index in [1.165, 1.54) is 11.3 Å². The van der Waals surface area contributed by atoms with Crippen molar-refractivity contribution in [1.82, 2.24) is 9.47 Å². The maximum Gasteiger partial charge on any atom is 0.223 e. The molecule has 1 heterocycles. The van der Waals surface area contributed by atoms with Crippen LogP contribution in [0.5, 0.6) is 0 Å². The van der Waals surface area contributed by atoms with E-state index >= 15 is 0 Å². The Hall–Kier alpha value is -2.03. The molecule has 0 atom stereocenters. The predicted molar refractivity (Wildman–Crippen MR) is 90.6 cm³/mol. The number of carbonyl (C=O) groups is 1. The van der Waals surface area contributed by atoms with E-state index in [2.05, 4.69) is 67.9 Å². The van der Waals surface area contributed by atoms with Gasteiger partial charge in [-0.1, -0.05) is 37.3 Å². The van der Waals surface area contributed by atoms with Crippen molar-refractivity contribution in [2.24, 2.45) is 0 Å². The quantitative estimate of drug-likeness (QED) is 0.816. The maximum atomic E-state index is 12.3. The van der Waals surface area contributed by atoms with Crippen molar-refractivity contribution in [3.05, 3.63) is 59.9 Å². The number of carbonyl (C=O) groups excluding carboxylic acids is 1. The van der Waals surface area contributed by atoms with E-state index in [4.69, 9.17) is 0 Å². The number of amides is 1. The lowest BCUT2D eigenvalue weighted by Crippen LogP contribution is -2.45. The van der Waals surface area contributed by atoms with E-state index in [0.29, 0.717) is 13.0 Å². The molecule has 0 radical (unpaired) electrons. The van der Waals surface area contributed by atoms with Gasteiger partial charge in [0.15, 0.2) is 0 Å². The van der Waals surface area contributed by atoms with Gasteiger partial charge >= 0.3 is 0 Å². The minimum Gasteiger partial charge on any atom is -0.345 e. The van der Waals surface area contributed by atoms with Crippen LogP contribution in [-0.2, 0) is 17.9 Å². The lowest BCUT2D eigenvalue weighted by Gasteiger charge is -2.36. The van der Waals surface area contributed by atoms with Gasteiger partial charge in [0, 0.05) is 30.4 Å². The van der Waals surface area contributed by atoms with E-state index in [-0.39, 0.29) is 11.4 Å². The van der Waals surface area contributed by atoms with Crippen molar-refractivity contribution in [2.75, 3.05) is 0 Å². The zero-order valence-corrected chi connectivity index (χ0v) is 14.0. The second-order valence-electron chi connectivity index (χ2n) is 6.62. The molecule has 0 fully saturated rings.